The molecule has 0 aromatic carbocycles. The Balaban J connectivity index is 1.37. The number of nitrogens with zero attached hydrogens (tertiary/aromatic N) is 5. The standard InChI is InChI=1S/C23H34N6O2/c1-16(2)28-10-9-27(13-17-5-6-17)15-20(28)22-26-25-21-8-7-18(14-29(21)22)23(30)24-12-19-4-3-11-31-19/h7-8,14,16-17,19-20H,3-6,9-13,15H2,1-2H3,(H,24,30)/t19-,20+/m1/s1. The van der Waals surface area contributed by atoms with E-state index in [1.165, 1.54) is 19.4 Å². The summed E-state index contributed by atoms with van der Waals surface area (Å²) in [6, 6.07) is 4.33. The number of aromatic nitrogens is 3. The van der Waals surface area contributed by atoms with Crippen LogP contribution in [0.25, 0.3) is 5.65 Å². The number of pyridine rings is 1. The SMILES string of the molecule is CC(C)N1CCN(CC2CC2)C[C@H]1c1nnc2ccc(C(=O)NC[C@H]3CCCO3)cn12. The van der Waals surface area contributed by atoms with E-state index in [2.05, 4.69) is 39.2 Å². The molecule has 8 heteroatoms. The van der Waals surface area contributed by atoms with Gasteiger partial charge < -0.3 is 10.1 Å². The first-order chi connectivity index (χ1) is 15.1. The molecule has 4 heterocycles. The molecular formula is C23H34N6O2. The quantitative estimate of drug-likeness (QED) is 0.731. The van der Waals surface area contributed by atoms with Crippen molar-refractivity contribution in [3.63, 3.8) is 0 Å². The average molecular weight is 427 g/mol. The minimum atomic E-state index is -0.0724. The molecule has 1 N–H and O–H groups in total. The van der Waals surface area contributed by atoms with Crippen LogP contribution in [0.4, 0.5) is 0 Å². The van der Waals surface area contributed by atoms with Crippen molar-refractivity contribution in [3.05, 3.63) is 29.7 Å². The summed E-state index contributed by atoms with van der Waals surface area (Å²) in [5.74, 6) is 1.73. The number of ether oxygens (including phenoxy) is 1. The van der Waals surface area contributed by atoms with Crippen molar-refractivity contribution >= 4 is 11.6 Å². The van der Waals surface area contributed by atoms with Gasteiger partial charge in [0, 0.05) is 51.6 Å². The average Bonchev–Trinajstić information content (AvgIpc) is 3.26. The fourth-order valence-electron chi connectivity index (χ4n) is 4.92. The molecule has 3 aliphatic rings. The Morgan fingerprint density at radius 1 is 1.23 bits per heavy atom. The summed E-state index contributed by atoms with van der Waals surface area (Å²) in [6.45, 7) is 10.1. The molecule has 0 bridgehead atoms. The van der Waals surface area contributed by atoms with E-state index < -0.39 is 0 Å². The highest BCUT2D eigenvalue weighted by Crippen LogP contribution is 2.33. The lowest BCUT2D eigenvalue weighted by molar-refractivity contribution is 0.0437. The Morgan fingerprint density at radius 2 is 2.10 bits per heavy atom. The van der Waals surface area contributed by atoms with Crippen LogP contribution < -0.4 is 5.32 Å². The first-order valence-corrected chi connectivity index (χ1v) is 11.8. The van der Waals surface area contributed by atoms with Crippen molar-refractivity contribution in [2.45, 2.75) is 57.7 Å². The second-order valence-corrected chi connectivity index (χ2v) is 9.60. The lowest BCUT2D eigenvalue weighted by atomic mass is 10.1. The van der Waals surface area contributed by atoms with Crippen LogP contribution in [-0.2, 0) is 4.74 Å². The maximum absolute atomic E-state index is 12.8. The number of nitrogens with one attached hydrogen (secondary N) is 1. The fourth-order valence-corrected chi connectivity index (χ4v) is 4.92. The number of amides is 1. The molecule has 2 saturated heterocycles. The van der Waals surface area contributed by atoms with Gasteiger partial charge in [-0.25, -0.2) is 0 Å². The van der Waals surface area contributed by atoms with Crippen LogP contribution in [0.2, 0.25) is 0 Å². The van der Waals surface area contributed by atoms with Gasteiger partial charge in [-0.05, 0) is 57.6 Å². The molecule has 31 heavy (non-hydrogen) atoms. The lowest BCUT2D eigenvalue weighted by Crippen LogP contribution is -2.51. The fraction of sp³-hybridized carbons (Fsp3) is 0.696. The van der Waals surface area contributed by atoms with Crippen molar-refractivity contribution in [2.24, 2.45) is 5.92 Å². The molecule has 5 rings (SSSR count). The van der Waals surface area contributed by atoms with Crippen molar-refractivity contribution in [1.82, 2.24) is 29.7 Å². The van der Waals surface area contributed by atoms with E-state index in [0.717, 1.165) is 56.5 Å². The van der Waals surface area contributed by atoms with E-state index in [1.54, 1.807) is 0 Å². The number of piperazine rings is 1. The first kappa shape index (κ1) is 20.8. The summed E-state index contributed by atoms with van der Waals surface area (Å²) in [6.07, 6.45) is 6.85. The number of carbonyl (C=O) groups is 1. The van der Waals surface area contributed by atoms with Gasteiger partial charge in [-0.1, -0.05) is 0 Å². The van der Waals surface area contributed by atoms with E-state index in [0.29, 0.717) is 18.2 Å². The zero-order valence-corrected chi connectivity index (χ0v) is 18.7. The van der Waals surface area contributed by atoms with Gasteiger partial charge in [-0.15, -0.1) is 10.2 Å². The van der Waals surface area contributed by atoms with Gasteiger partial charge in [-0.2, -0.15) is 0 Å². The number of carbonyl (C=O) groups excluding carboxylic acids is 1. The molecular weight excluding hydrogens is 392 g/mol. The Bertz CT molecular complexity index is 918. The maximum atomic E-state index is 12.8. The summed E-state index contributed by atoms with van der Waals surface area (Å²) < 4.78 is 7.64. The molecule has 2 aromatic heterocycles. The van der Waals surface area contributed by atoms with Gasteiger partial charge in [0.25, 0.3) is 5.91 Å². The van der Waals surface area contributed by atoms with Crippen LogP contribution in [0.1, 0.15) is 61.8 Å². The minimum Gasteiger partial charge on any atom is -0.376 e. The van der Waals surface area contributed by atoms with E-state index in [4.69, 9.17) is 4.74 Å². The highest BCUT2D eigenvalue weighted by molar-refractivity contribution is 5.94. The Labute approximate surface area is 183 Å². The molecule has 1 aliphatic carbocycles. The molecule has 1 amide bonds. The summed E-state index contributed by atoms with van der Waals surface area (Å²) >= 11 is 0. The van der Waals surface area contributed by atoms with E-state index in [9.17, 15) is 4.79 Å². The van der Waals surface area contributed by atoms with Crippen molar-refractivity contribution < 1.29 is 9.53 Å². The molecule has 2 atom stereocenters. The molecule has 0 radical (unpaired) electrons. The Kier molecular flexibility index (Phi) is 5.95. The monoisotopic (exact) mass is 426 g/mol. The summed E-state index contributed by atoms with van der Waals surface area (Å²) in [4.78, 5) is 17.9. The van der Waals surface area contributed by atoms with Crippen LogP contribution >= 0.6 is 0 Å². The van der Waals surface area contributed by atoms with E-state index in [1.807, 2.05) is 22.7 Å². The van der Waals surface area contributed by atoms with Gasteiger partial charge >= 0.3 is 0 Å². The third kappa shape index (κ3) is 4.61. The zero-order chi connectivity index (χ0) is 21.4. The van der Waals surface area contributed by atoms with Gasteiger partial charge in [-0.3, -0.25) is 19.0 Å². The van der Waals surface area contributed by atoms with Gasteiger partial charge in [0.05, 0.1) is 17.7 Å². The Morgan fingerprint density at radius 3 is 2.84 bits per heavy atom. The van der Waals surface area contributed by atoms with Crippen molar-refractivity contribution in [3.8, 4) is 0 Å². The molecule has 8 nitrogen and oxygen atoms in total. The molecule has 168 valence electrons. The summed E-state index contributed by atoms with van der Waals surface area (Å²) in [5.41, 5.74) is 1.42. The zero-order valence-electron chi connectivity index (χ0n) is 18.7. The first-order valence-electron chi connectivity index (χ1n) is 11.8. The molecule has 0 unspecified atom stereocenters. The number of hydrogen-bond acceptors (Lipinski definition) is 6. The van der Waals surface area contributed by atoms with Crippen molar-refractivity contribution in [2.75, 3.05) is 39.3 Å². The smallest absolute Gasteiger partial charge is 0.252 e. The molecule has 2 aliphatic heterocycles. The van der Waals surface area contributed by atoms with Crippen molar-refractivity contribution in [1.29, 1.82) is 0 Å². The van der Waals surface area contributed by atoms with Crippen LogP contribution in [0.15, 0.2) is 18.3 Å². The second-order valence-electron chi connectivity index (χ2n) is 9.60. The molecule has 0 spiro atoms. The van der Waals surface area contributed by atoms with E-state index >= 15 is 0 Å². The number of rotatable bonds is 7. The predicted octanol–water partition coefficient (Wildman–Crippen LogP) is 2.12. The highest BCUT2D eigenvalue weighted by atomic mass is 16.5. The number of hydrogen-bond donors (Lipinski definition) is 1. The van der Waals surface area contributed by atoms with Gasteiger partial charge in [0.1, 0.15) is 0 Å². The highest BCUT2D eigenvalue weighted by Gasteiger charge is 2.35. The summed E-state index contributed by atoms with van der Waals surface area (Å²) in [7, 11) is 0. The largest absolute Gasteiger partial charge is 0.376 e. The van der Waals surface area contributed by atoms with E-state index in [-0.39, 0.29) is 18.1 Å². The topological polar surface area (TPSA) is 75.0 Å². The normalized spacial score (nSPS) is 25.5. The third-order valence-corrected chi connectivity index (χ3v) is 6.89. The maximum Gasteiger partial charge on any atom is 0.252 e. The van der Waals surface area contributed by atoms with Crippen LogP contribution in [0.3, 0.4) is 0 Å². The second kappa shape index (κ2) is 8.84. The minimum absolute atomic E-state index is 0.0724. The lowest BCUT2D eigenvalue weighted by Gasteiger charge is -2.42. The third-order valence-electron chi connectivity index (χ3n) is 6.89. The van der Waals surface area contributed by atoms with Crippen LogP contribution in [-0.4, -0.2) is 81.8 Å². The Hall–Kier alpha value is -2.03. The van der Waals surface area contributed by atoms with Gasteiger partial charge in [0.2, 0.25) is 0 Å². The number of fused-ring (bicyclic) bond motifs is 1. The van der Waals surface area contributed by atoms with Gasteiger partial charge in [0.15, 0.2) is 11.5 Å². The molecule has 2 aromatic rings. The van der Waals surface area contributed by atoms with Crippen LogP contribution in [0.5, 0.6) is 0 Å². The molecule has 1 saturated carbocycles. The summed E-state index contributed by atoms with van der Waals surface area (Å²) in [5, 5.41) is 12.0. The molecule has 3 fully saturated rings. The predicted molar refractivity (Wildman–Crippen MR) is 118 cm³/mol. The van der Waals surface area contributed by atoms with Crippen LogP contribution in [0, 0.1) is 5.92 Å².